The molecule has 5 nitrogen and oxygen atoms in total. The first-order valence-corrected chi connectivity index (χ1v) is 8.52. The highest BCUT2D eigenvalue weighted by molar-refractivity contribution is 7.80. The molecule has 0 radical (unpaired) electrons. The molecule has 2 aromatic rings. The SMILES string of the molecule is S=C(NCc1ccc2c(c1)OCO2)N(Cc1ccncc1)C1CC1. The maximum Gasteiger partial charge on any atom is 0.231 e. The molecule has 2 aliphatic rings. The Kier molecular flexibility index (Phi) is 4.21. The summed E-state index contributed by atoms with van der Waals surface area (Å²) in [6.07, 6.45) is 6.06. The highest BCUT2D eigenvalue weighted by Crippen LogP contribution is 2.32. The zero-order valence-electron chi connectivity index (χ0n) is 13.3. The van der Waals surface area contributed by atoms with Gasteiger partial charge in [0.1, 0.15) is 0 Å². The van der Waals surface area contributed by atoms with Gasteiger partial charge in [-0.15, -0.1) is 0 Å². The standard InChI is InChI=1S/C18H19N3O2S/c24-18(20-10-14-1-4-16-17(9-14)23-12-22-16)21(15-2-3-15)11-13-5-7-19-8-6-13/h1,4-9,15H,2-3,10-12H2,(H,20,24). The van der Waals surface area contributed by atoms with E-state index in [9.17, 15) is 0 Å². The average Bonchev–Trinajstić information content (AvgIpc) is 3.35. The number of nitrogens with one attached hydrogen (secondary N) is 1. The molecule has 1 aromatic carbocycles. The molecule has 1 aromatic heterocycles. The summed E-state index contributed by atoms with van der Waals surface area (Å²) >= 11 is 5.63. The number of rotatable bonds is 5. The minimum atomic E-state index is 0.298. The van der Waals surface area contributed by atoms with Crippen LogP contribution in [0, 0.1) is 0 Å². The zero-order valence-corrected chi connectivity index (χ0v) is 14.1. The molecule has 0 amide bonds. The zero-order chi connectivity index (χ0) is 16.4. The maximum atomic E-state index is 5.63. The molecule has 0 atom stereocenters. The average molecular weight is 341 g/mol. The van der Waals surface area contributed by atoms with Crippen LogP contribution in [-0.4, -0.2) is 27.8 Å². The monoisotopic (exact) mass is 341 g/mol. The summed E-state index contributed by atoms with van der Waals surface area (Å²) in [6.45, 7) is 1.79. The van der Waals surface area contributed by atoms with Gasteiger partial charge in [-0.2, -0.15) is 0 Å². The van der Waals surface area contributed by atoms with Gasteiger partial charge in [-0.1, -0.05) is 6.07 Å². The predicted molar refractivity (Wildman–Crippen MR) is 94.8 cm³/mol. The topological polar surface area (TPSA) is 46.6 Å². The van der Waals surface area contributed by atoms with Crippen LogP contribution in [0.3, 0.4) is 0 Å². The third kappa shape index (κ3) is 3.43. The lowest BCUT2D eigenvalue weighted by molar-refractivity contribution is 0.174. The van der Waals surface area contributed by atoms with Gasteiger partial charge in [0.25, 0.3) is 0 Å². The highest BCUT2D eigenvalue weighted by Gasteiger charge is 2.30. The van der Waals surface area contributed by atoms with Crippen molar-refractivity contribution in [2.75, 3.05) is 6.79 Å². The van der Waals surface area contributed by atoms with E-state index in [-0.39, 0.29) is 0 Å². The number of benzene rings is 1. The number of thiocarbonyl (C=S) groups is 1. The van der Waals surface area contributed by atoms with E-state index >= 15 is 0 Å². The van der Waals surface area contributed by atoms with Crippen LogP contribution in [-0.2, 0) is 13.1 Å². The van der Waals surface area contributed by atoms with Crippen molar-refractivity contribution in [1.29, 1.82) is 0 Å². The first-order valence-electron chi connectivity index (χ1n) is 8.11. The van der Waals surface area contributed by atoms with Crippen LogP contribution in [0.4, 0.5) is 0 Å². The predicted octanol–water partition coefficient (Wildman–Crippen LogP) is 2.85. The van der Waals surface area contributed by atoms with Crippen molar-refractivity contribution in [2.45, 2.75) is 32.0 Å². The summed E-state index contributed by atoms with van der Waals surface area (Å²) in [5.41, 5.74) is 2.35. The molecule has 6 heteroatoms. The molecule has 1 aliphatic heterocycles. The molecule has 4 rings (SSSR count). The summed E-state index contributed by atoms with van der Waals surface area (Å²) in [5.74, 6) is 1.61. The number of nitrogens with zero attached hydrogens (tertiary/aromatic N) is 2. The van der Waals surface area contributed by atoms with Crippen LogP contribution in [0.2, 0.25) is 0 Å². The number of hydrogen-bond acceptors (Lipinski definition) is 4. The van der Waals surface area contributed by atoms with Gasteiger partial charge in [0, 0.05) is 31.5 Å². The van der Waals surface area contributed by atoms with Crippen molar-refractivity contribution in [3.63, 3.8) is 0 Å². The second-order valence-electron chi connectivity index (χ2n) is 6.06. The fraction of sp³-hybridized carbons (Fsp3) is 0.333. The van der Waals surface area contributed by atoms with Crippen molar-refractivity contribution >= 4 is 17.3 Å². The van der Waals surface area contributed by atoms with Gasteiger partial charge >= 0.3 is 0 Å². The number of hydrogen-bond donors (Lipinski definition) is 1. The molecule has 1 saturated carbocycles. The van der Waals surface area contributed by atoms with Crippen LogP contribution in [0.15, 0.2) is 42.7 Å². The van der Waals surface area contributed by atoms with E-state index in [0.29, 0.717) is 19.4 Å². The largest absolute Gasteiger partial charge is 0.454 e. The van der Waals surface area contributed by atoms with E-state index in [2.05, 4.69) is 15.2 Å². The number of pyridine rings is 1. The fourth-order valence-electron chi connectivity index (χ4n) is 2.77. The highest BCUT2D eigenvalue weighted by atomic mass is 32.1. The van der Waals surface area contributed by atoms with Crippen molar-refractivity contribution in [1.82, 2.24) is 15.2 Å². The normalized spacial score (nSPS) is 15.2. The third-order valence-corrected chi connectivity index (χ3v) is 4.61. The second kappa shape index (κ2) is 6.65. The smallest absolute Gasteiger partial charge is 0.231 e. The quantitative estimate of drug-likeness (QED) is 0.844. The molecule has 0 bridgehead atoms. The molecule has 1 aliphatic carbocycles. The molecule has 0 saturated heterocycles. The third-order valence-electron chi connectivity index (χ3n) is 4.23. The Balaban J connectivity index is 1.38. The fourth-order valence-corrected chi connectivity index (χ4v) is 3.05. The molecule has 0 spiro atoms. The molecule has 1 N–H and O–H groups in total. The Hall–Kier alpha value is -2.34. The Morgan fingerprint density at radius 2 is 1.92 bits per heavy atom. The minimum Gasteiger partial charge on any atom is -0.454 e. The van der Waals surface area contributed by atoms with Crippen molar-refractivity contribution in [3.05, 3.63) is 53.9 Å². The van der Waals surface area contributed by atoms with Gasteiger partial charge in [0.15, 0.2) is 16.6 Å². The maximum absolute atomic E-state index is 5.63. The summed E-state index contributed by atoms with van der Waals surface area (Å²) < 4.78 is 10.8. The Labute approximate surface area is 146 Å². The summed E-state index contributed by atoms with van der Waals surface area (Å²) in [6, 6.07) is 10.6. The van der Waals surface area contributed by atoms with Crippen molar-refractivity contribution < 1.29 is 9.47 Å². The van der Waals surface area contributed by atoms with Crippen LogP contribution in [0.5, 0.6) is 11.5 Å². The number of ether oxygens (including phenoxy) is 2. The Bertz CT molecular complexity index is 734. The Morgan fingerprint density at radius 1 is 1.12 bits per heavy atom. The van der Waals surface area contributed by atoms with E-state index in [0.717, 1.165) is 28.7 Å². The van der Waals surface area contributed by atoms with E-state index in [1.54, 1.807) is 0 Å². The molecule has 1 fully saturated rings. The first kappa shape index (κ1) is 15.2. The molecule has 2 heterocycles. The number of fused-ring (bicyclic) bond motifs is 1. The van der Waals surface area contributed by atoms with Gasteiger partial charge in [0.05, 0.1) is 0 Å². The van der Waals surface area contributed by atoms with Gasteiger partial charge in [-0.3, -0.25) is 4.98 Å². The van der Waals surface area contributed by atoms with Gasteiger partial charge in [-0.05, 0) is 60.5 Å². The Morgan fingerprint density at radius 3 is 2.71 bits per heavy atom. The lowest BCUT2D eigenvalue weighted by Gasteiger charge is -2.26. The van der Waals surface area contributed by atoms with Crippen molar-refractivity contribution in [2.24, 2.45) is 0 Å². The first-order chi connectivity index (χ1) is 11.8. The molecule has 124 valence electrons. The number of aromatic nitrogens is 1. The van der Waals surface area contributed by atoms with Gasteiger partial charge < -0.3 is 19.7 Å². The van der Waals surface area contributed by atoms with E-state index in [4.69, 9.17) is 21.7 Å². The van der Waals surface area contributed by atoms with Gasteiger partial charge in [0.2, 0.25) is 6.79 Å². The summed E-state index contributed by atoms with van der Waals surface area (Å²) in [5, 5.41) is 4.18. The van der Waals surface area contributed by atoms with Gasteiger partial charge in [-0.25, -0.2) is 0 Å². The van der Waals surface area contributed by atoms with Crippen LogP contribution < -0.4 is 14.8 Å². The second-order valence-corrected chi connectivity index (χ2v) is 6.45. The summed E-state index contributed by atoms with van der Waals surface area (Å²) in [7, 11) is 0. The minimum absolute atomic E-state index is 0.298. The van der Waals surface area contributed by atoms with Crippen LogP contribution >= 0.6 is 12.2 Å². The molecular formula is C18H19N3O2S. The molecule has 24 heavy (non-hydrogen) atoms. The van der Waals surface area contributed by atoms with E-state index < -0.39 is 0 Å². The van der Waals surface area contributed by atoms with E-state index in [1.807, 2.05) is 42.7 Å². The van der Waals surface area contributed by atoms with Crippen LogP contribution in [0.1, 0.15) is 24.0 Å². The lowest BCUT2D eigenvalue weighted by Crippen LogP contribution is -2.40. The molecular weight excluding hydrogens is 322 g/mol. The molecule has 0 unspecified atom stereocenters. The van der Waals surface area contributed by atoms with E-state index in [1.165, 1.54) is 18.4 Å². The van der Waals surface area contributed by atoms with Crippen molar-refractivity contribution in [3.8, 4) is 11.5 Å². The summed E-state index contributed by atoms with van der Waals surface area (Å²) in [4.78, 5) is 6.35. The van der Waals surface area contributed by atoms with Crippen LogP contribution in [0.25, 0.3) is 0 Å². The lowest BCUT2D eigenvalue weighted by atomic mass is 10.2.